The number of nitrogens with one attached hydrogen (secondary N) is 3. The summed E-state index contributed by atoms with van der Waals surface area (Å²) in [6, 6.07) is 8.86. The Morgan fingerprint density at radius 3 is 2.44 bits per heavy atom. The van der Waals surface area contributed by atoms with E-state index in [1.54, 1.807) is 55.6 Å². The molecule has 8 rings (SSSR count). The molecular weight excluding hydrogens is 1020 g/mol. The Hall–Kier alpha value is -5.61. The SMILES string of the molecule is Cc1ncsc1-c1ccc(CNC(=O)[C@@H]2C[C@@H](O)CN2C(=O)[C@@H](NC(=O)C2(F)CC2)C(C)(C)C)c(OCCC2CCN(C(=O)CC(=O)Nc3cccc(Sc4ncc(N5CCC(C)(CN)CC5)nc4N)c3Cl)CC2)c1. The van der Waals surface area contributed by atoms with Crippen LogP contribution in [0.2, 0.25) is 5.02 Å². The molecule has 3 atom stereocenters. The largest absolute Gasteiger partial charge is 0.493 e. The number of rotatable bonds is 18. The predicted molar refractivity (Wildman–Crippen MR) is 288 cm³/mol. The number of carbonyl (C=O) groups excluding carboxylic acids is 5. The molecule has 4 aromatic rings. The molecule has 1 aliphatic carbocycles. The van der Waals surface area contributed by atoms with Gasteiger partial charge < -0.3 is 52.0 Å². The number of alkyl halides is 1. The molecule has 4 fully saturated rings. The van der Waals surface area contributed by atoms with Gasteiger partial charge in [-0.05, 0) is 98.9 Å². The van der Waals surface area contributed by atoms with E-state index in [0.717, 1.165) is 54.9 Å². The predicted octanol–water partition coefficient (Wildman–Crippen LogP) is 6.51. The van der Waals surface area contributed by atoms with Crippen LogP contribution in [-0.2, 0) is 30.5 Å². The van der Waals surface area contributed by atoms with E-state index in [-0.39, 0.29) is 61.8 Å². The zero-order chi connectivity index (χ0) is 53.8. The first-order chi connectivity index (χ1) is 35.6. The Kier molecular flexibility index (Phi) is 17.3. The standard InChI is InChI=1S/C53H69ClFN11O7S2/c1-31-44(74-30-60-31)33-9-10-34(26-58-47(70)37-24-35(67)28-66(37)49(71)45(51(2,3)4)63-50(72)53(55)14-15-53)38(23-33)73-22-13-32-11-18-65(19-12-32)42(69)25-41(68)61-36-7-6-8-39(43(36)54)75-48-46(57)62-40(27-59-48)64-20-16-52(5,29-56)17-21-64/h6-10,23,27,30,32,35,37,45,67H,11-22,24-26,28-29,56H2,1-5H3,(H2,57,62)(H,58,70)(H,61,68)(H,63,72)/t35-,37+,45-/m1/s1. The average molecular weight is 1090 g/mol. The molecule has 0 bridgehead atoms. The normalized spacial score (nSPS) is 19.8. The first-order valence-electron chi connectivity index (χ1n) is 25.7. The molecule has 5 heterocycles. The molecule has 8 N–H and O–H groups in total. The molecular formula is C53H69ClFN11O7S2. The van der Waals surface area contributed by atoms with Gasteiger partial charge >= 0.3 is 0 Å². The van der Waals surface area contributed by atoms with Crippen LogP contribution in [0.4, 0.5) is 21.7 Å². The summed E-state index contributed by atoms with van der Waals surface area (Å²) < 4.78 is 21.2. The van der Waals surface area contributed by atoms with Crippen molar-refractivity contribution in [2.75, 3.05) is 61.8 Å². The van der Waals surface area contributed by atoms with Crippen molar-refractivity contribution in [2.45, 2.75) is 133 Å². The number of likely N-dealkylation sites (tertiary alicyclic amines) is 2. The number of thiazole rings is 1. The molecule has 5 amide bonds. The fourth-order valence-corrected chi connectivity index (χ4v) is 11.6. The van der Waals surface area contributed by atoms with Crippen LogP contribution in [0.25, 0.3) is 10.4 Å². The number of hydrogen-bond donors (Lipinski definition) is 6. The summed E-state index contributed by atoms with van der Waals surface area (Å²) in [5, 5.41) is 19.8. The lowest BCUT2D eigenvalue weighted by atomic mass is 9.80. The fraction of sp³-hybridized carbons (Fsp3) is 0.547. The van der Waals surface area contributed by atoms with Gasteiger partial charge in [-0.1, -0.05) is 69.3 Å². The third-order valence-corrected chi connectivity index (χ3v) is 17.5. The number of nitrogen functional groups attached to an aromatic ring is 1. The number of nitrogens with zero attached hydrogens (tertiary/aromatic N) is 6. The smallest absolute Gasteiger partial charge is 0.258 e. The van der Waals surface area contributed by atoms with Gasteiger partial charge in [0.05, 0.1) is 45.7 Å². The minimum atomic E-state index is -1.99. The number of amides is 5. The van der Waals surface area contributed by atoms with Crippen LogP contribution < -0.4 is 37.1 Å². The van der Waals surface area contributed by atoms with E-state index in [9.17, 15) is 33.5 Å². The number of benzene rings is 2. The molecule has 4 aliphatic rings. The monoisotopic (exact) mass is 1090 g/mol. The summed E-state index contributed by atoms with van der Waals surface area (Å²) in [4.78, 5) is 87.6. The second kappa shape index (κ2) is 23.3. The second-order valence-corrected chi connectivity index (χ2v) is 24.0. The van der Waals surface area contributed by atoms with Gasteiger partial charge in [-0.25, -0.2) is 19.3 Å². The Bertz CT molecular complexity index is 2760. The Morgan fingerprint density at radius 2 is 1.79 bits per heavy atom. The maximum Gasteiger partial charge on any atom is 0.258 e. The van der Waals surface area contributed by atoms with Crippen molar-refractivity contribution in [1.82, 2.24) is 35.4 Å². The number of piperidine rings is 2. The van der Waals surface area contributed by atoms with E-state index in [1.165, 1.54) is 28.0 Å². The van der Waals surface area contributed by atoms with Crippen molar-refractivity contribution in [3.8, 4) is 16.2 Å². The Balaban J connectivity index is 0.820. The molecule has 3 aliphatic heterocycles. The van der Waals surface area contributed by atoms with Crippen LogP contribution >= 0.6 is 34.7 Å². The van der Waals surface area contributed by atoms with Gasteiger partial charge in [-0.3, -0.25) is 24.0 Å². The summed E-state index contributed by atoms with van der Waals surface area (Å²) in [5.41, 5.74) is 14.3. The highest BCUT2D eigenvalue weighted by molar-refractivity contribution is 7.99. The molecule has 0 spiro atoms. The number of hydrogen-bond acceptors (Lipinski definition) is 15. The highest BCUT2D eigenvalue weighted by Gasteiger charge is 2.53. The van der Waals surface area contributed by atoms with Gasteiger partial charge in [-0.15, -0.1) is 11.3 Å². The van der Waals surface area contributed by atoms with Gasteiger partial charge in [0.15, 0.2) is 11.5 Å². The number of carbonyl (C=O) groups is 5. The molecule has 404 valence electrons. The molecule has 75 heavy (non-hydrogen) atoms. The molecule has 0 radical (unpaired) electrons. The highest BCUT2D eigenvalue weighted by Crippen LogP contribution is 2.42. The maximum absolute atomic E-state index is 14.7. The lowest BCUT2D eigenvalue weighted by Gasteiger charge is -2.39. The van der Waals surface area contributed by atoms with Gasteiger partial charge in [0.1, 0.15) is 35.1 Å². The van der Waals surface area contributed by atoms with Crippen LogP contribution in [0.3, 0.4) is 0 Å². The van der Waals surface area contributed by atoms with Crippen molar-refractivity contribution in [3.05, 3.63) is 64.4 Å². The second-order valence-electron chi connectivity index (χ2n) is 21.8. The Labute approximate surface area is 450 Å². The van der Waals surface area contributed by atoms with Crippen molar-refractivity contribution in [3.63, 3.8) is 0 Å². The van der Waals surface area contributed by atoms with Crippen molar-refractivity contribution < 1.29 is 38.2 Å². The number of aliphatic hydroxyl groups excluding tert-OH is 1. The summed E-state index contributed by atoms with van der Waals surface area (Å²) in [7, 11) is 0. The minimum Gasteiger partial charge on any atom is -0.493 e. The third kappa shape index (κ3) is 13.5. The highest BCUT2D eigenvalue weighted by atomic mass is 35.5. The summed E-state index contributed by atoms with van der Waals surface area (Å²) in [5.74, 6) is -0.844. The maximum atomic E-state index is 14.7. The lowest BCUT2D eigenvalue weighted by molar-refractivity contribution is -0.145. The van der Waals surface area contributed by atoms with Crippen LogP contribution in [-0.4, -0.2) is 129 Å². The first-order valence-corrected chi connectivity index (χ1v) is 27.7. The quantitative estimate of drug-likeness (QED) is 0.0582. The molecule has 3 saturated heterocycles. The van der Waals surface area contributed by atoms with Crippen molar-refractivity contribution in [2.24, 2.45) is 22.5 Å². The molecule has 22 heteroatoms. The van der Waals surface area contributed by atoms with Crippen LogP contribution in [0.15, 0.2) is 58.0 Å². The van der Waals surface area contributed by atoms with Crippen molar-refractivity contribution >= 4 is 81.6 Å². The number of aromatic nitrogens is 3. The van der Waals surface area contributed by atoms with E-state index >= 15 is 0 Å². The molecule has 18 nitrogen and oxygen atoms in total. The zero-order valence-electron chi connectivity index (χ0n) is 43.3. The zero-order valence-corrected chi connectivity index (χ0v) is 45.6. The van der Waals surface area contributed by atoms with Gasteiger partial charge in [-0.2, -0.15) is 0 Å². The number of nitrogens with two attached hydrogens (primary N) is 2. The number of aryl methyl sites for hydroxylation is 1. The molecule has 2 aromatic carbocycles. The van der Waals surface area contributed by atoms with Crippen LogP contribution in [0, 0.1) is 23.7 Å². The number of halogens is 2. The summed E-state index contributed by atoms with van der Waals surface area (Å²) in [6.07, 6.45) is 4.65. The van der Waals surface area contributed by atoms with Gasteiger partial charge in [0.2, 0.25) is 23.6 Å². The third-order valence-electron chi connectivity index (χ3n) is 14.9. The lowest BCUT2D eigenvalue weighted by Crippen LogP contribution is -2.59. The van der Waals surface area contributed by atoms with E-state index in [4.69, 9.17) is 27.8 Å². The molecule has 1 saturated carbocycles. The Morgan fingerprint density at radius 1 is 1.05 bits per heavy atom. The average Bonchev–Trinajstić information content (AvgIpc) is 3.79. The van der Waals surface area contributed by atoms with Gasteiger partial charge in [0.25, 0.3) is 5.91 Å². The first kappa shape index (κ1) is 55.6. The van der Waals surface area contributed by atoms with Crippen LogP contribution in [0.5, 0.6) is 5.75 Å². The number of anilines is 3. The van der Waals surface area contributed by atoms with Gasteiger partial charge in [0, 0.05) is 56.1 Å². The molecule has 0 unspecified atom stereocenters. The number of aliphatic hydroxyl groups is 1. The van der Waals surface area contributed by atoms with E-state index in [0.29, 0.717) is 70.4 Å². The summed E-state index contributed by atoms with van der Waals surface area (Å²) >= 11 is 9.53. The van der Waals surface area contributed by atoms with Crippen LogP contribution in [0.1, 0.15) is 96.7 Å². The topological polar surface area (TPSA) is 251 Å². The van der Waals surface area contributed by atoms with Crippen molar-refractivity contribution in [1.29, 1.82) is 0 Å². The van der Waals surface area contributed by atoms with E-state index < -0.39 is 52.9 Å². The summed E-state index contributed by atoms with van der Waals surface area (Å²) in [6.45, 7) is 13.0. The minimum absolute atomic E-state index is 0.00246. The van der Waals surface area contributed by atoms with E-state index in [1.807, 2.05) is 25.1 Å². The fourth-order valence-electron chi connectivity index (χ4n) is 9.71. The number of β-amino-alcohol motifs (C(OH)–C–C–N with tert-alkyl or cyclic N) is 1. The number of ether oxygens (including phenoxy) is 1. The molecule has 2 aromatic heterocycles. The van der Waals surface area contributed by atoms with E-state index in [2.05, 4.69) is 42.7 Å².